The summed E-state index contributed by atoms with van der Waals surface area (Å²) in [6.45, 7) is 6.56. The molecule has 1 aromatic heterocycles. The van der Waals surface area contributed by atoms with Gasteiger partial charge in [-0.15, -0.1) is 6.42 Å². The molecule has 1 aromatic rings. The van der Waals surface area contributed by atoms with Crippen molar-refractivity contribution in [3.05, 3.63) is 24.2 Å². The number of likely N-dealkylation sites (N-methyl/N-ethyl adjacent to an activating group) is 1. The van der Waals surface area contributed by atoms with Crippen LogP contribution in [0.5, 0.6) is 0 Å². The first-order valence-corrected chi connectivity index (χ1v) is 5.25. The topological polar surface area (TPSA) is 28.4 Å². The molecule has 0 saturated heterocycles. The highest BCUT2D eigenvalue weighted by Crippen LogP contribution is 2.04. The zero-order chi connectivity index (χ0) is 10.9. The number of terminal acetylenes is 1. The SMILES string of the molecule is C#CCNCCN(CC)Cc1ccco1. The Bertz CT molecular complexity index is 287. The smallest absolute Gasteiger partial charge is 0.117 e. The van der Waals surface area contributed by atoms with Crippen LogP contribution in [0.3, 0.4) is 0 Å². The molecule has 0 radical (unpaired) electrons. The molecule has 3 nitrogen and oxygen atoms in total. The van der Waals surface area contributed by atoms with Gasteiger partial charge in [-0.3, -0.25) is 4.90 Å². The number of hydrogen-bond donors (Lipinski definition) is 1. The molecule has 82 valence electrons. The van der Waals surface area contributed by atoms with Crippen molar-refractivity contribution in [2.45, 2.75) is 13.5 Å². The van der Waals surface area contributed by atoms with Gasteiger partial charge in [-0.25, -0.2) is 0 Å². The Labute approximate surface area is 91.5 Å². The predicted molar refractivity (Wildman–Crippen MR) is 61.4 cm³/mol. The first kappa shape index (κ1) is 11.8. The van der Waals surface area contributed by atoms with Crippen LogP contribution in [0, 0.1) is 12.3 Å². The van der Waals surface area contributed by atoms with Crippen LogP contribution >= 0.6 is 0 Å². The first-order chi connectivity index (χ1) is 7.36. The third-order valence-corrected chi connectivity index (χ3v) is 2.24. The van der Waals surface area contributed by atoms with Crippen molar-refractivity contribution in [2.75, 3.05) is 26.2 Å². The largest absolute Gasteiger partial charge is 0.468 e. The lowest BCUT2D eigenvalue weighted by Gasteiger charge is -2.18. The van der Waals surface area contributed by atoms with Crippen LogP contribution in [0.4, 0.5) is 0 Å². The fourth-order valence-electron chi connectivity index (χ4n) is 1.37. The molecule has 0 aliphatic rings. The van der Waals surface area contributed by atoms with Gasteiger partial charge in [-0.05, 0) is 18.7 Å². The summed E-state index contributed by atoms with van der Waals surface area (Å²) in [5.41, 5.74) is 0. The summed E-state index contributed by atoms with van der Waals surface area (Å²) in [7, 11) is 0. The molecule has 0 aliphatic heterocycles. The lowest BCUT2D eigenvalue weighted by Crippen LogP contribution is -2.31. The highest BCUT2D eigenvalue weighted by Gasteiger charge is 2.04. The molecule has 0 bridgehead atoms. The summed E-state index contributed by atoms with van der Waals surface area (Å²) in [4.78, 5) is 2.31. The van der Waals surface area contributed by atoms with E-state index >= 15 is 0 Å². The normalized spacial score (nSPS) is 10.5. The summed E-state index contributed by atoms with van der Waals surface area (Å²) in [6, 6.07) is 3.91. The Kier molecular flexibility index (Phi) is 5.60. The van der Waals surface area contributed by atoms with E-state index in [0.29, 0.717) is 6.54 Å². The third-order valence-electron chi connectivity index (χ3n) is 2.24. The molecule has 0 aliphatic carbocycles. The van der Waals surface area contributed by atoms with Gasteiger partial charge in [0.1, 0.15) is 5.76 Å². The number of nitrogens with zero attached hydrogens (tertiary/aromatic N) is 1. The van der Waals surface area contributed by atoms with Gasteiger partial charge in [-0.2, -0.15) is 0 Å². The highest BCUT2D eigenvalue weighted by atomic mass is 16.3. The maximum Gasteiger partial charge on any atom is 0.117 e. The van der Waals surface area contributed by atoms with E-state index in [-0.39, 0.29) is 0 Å². The average molecular weight is 206 g/mol. The Hall–Kier alpha value is -1.24. The van der Waals surface area contributed by atoms with Gasteiger partial charge in [0.15, 0.2) is 0 Å². The van der Waals surface area contributed by atoms with E-state index < -0.39 is 0 Å². The maximum absolute atomic E-state index is 5.30. The second kappa shape index (κ2) is 7.10. The number of rotatable bonds is 7. The Morgan fingerprint density at radius 1 is 1.60 bits per heavy atom. The molecule has 0 atom stereocenters. The second-order valence-electron chi connectivity index (χ2n) is 3.33. The molecule has 0 saturated carbocycles. The van der Waals surface area contributed by atoms with Crippen LogP contribution in [0.2, 0.25) is 0 Å². The lowest BCUT2D eigenvalue weighted by atomic mass is 10.4. The van der Waals surface area contributed by atoms with Gasteiger partial charge in [0, 0.05) is 13.1 Å². The third kappa shape index (κ3) is 4.68. The first-order valence-electron chi connectivity index (χ1n) is 5.25. The van der Waals surface area contributed by atoms with Crippen LogP contribution in [0.1, 0.15) is 12.7 Å². The molecule has 0 unspecified atom stereocenters. The minimum absolute atomic E-state index is 0.637. The molecule has 3 heteroatoms. The van der Waals surface area contributed by atoms with Gasteiger partial charge in [0.25, 0.3) is 0 Å². The Morgan fingerprint density at radius 2 is 2.47 bits per heavy atom. The molecular weight excluding hydrogens is 188 g/mol. The van der Waals surface area contributed by atoms with E-state index in [0.717, 1.165) is 31.9 Å². The fraction of sp³-hybridized carbons (Fsp3) is 0.500. The molecule has 15 heavy (non-hydrogen) atoms. The van der Waals surface area contributed by atoms with Gasteiger partial charge < -0.3 is 9.73 Å². The van der Waals surface area contributed by atoms with E-state index in [1.807, 2.05) is 12.1 Å². The number of nitrogens with one attached hydrogen (secondary N) is 1. The van der Waals surface area contributed by atoms with Crippen molar-refractivity contribution in [3.63, 3.8) is 0 Å². The molecule has 1 heterocycles. The van der Waals surface area contributed by atoms with E-state index in [1.165, 1.54) is 0 Å². The minimum Gasteiger partial charge on any atom is -0.468 e. The van der Waals surface area contributed by atoms with Gasteiger partial charge >= 0.3 is 0 Å². The van der Waals surface area contributed by atoms with E-state index in [4.69, 9.17) is 10.8 Å². The fourth-order valence-corrected chi connectivity index (χ4v) is 1.37. The van der Waals surface area contributed by atoms with Crippen molar-refractivity contribution >= 4 is 0 Å². The zero-order valence-corrected chi connectivity index (χ0v) is 9.20. The molecule has 0 aromatic carbocycles. The van der Waals surface area contributed by atoms with Crippen LogP contribution in [-0.2, 0) is 6.54 Å². The monoisotopic (exact) mass is 206 g/mol. The molecular formula is C12H18N2O. The highest BCUT2D eigenvalue weighted by molar-refractivity contribution is 4.97. The summed E-state index contributed by atoms with van der Waals surface area (Å²) in [6.07, 6.45) is 6.85. The van der Waals surface area contributed by atoms with Crippen molar-refractivity contribution in [1.82, 2.24) is 10.2 Å². The van der Waals surface area contributed by atoms with Crippen LogP contribution in [-0.4, -0.2) is 31.1 Å². The van der Waals surface area contributed by atoms with Gasteiger partial charge in [-0.1, -0.05) is 12.8 Å². The van der Waals surface area contributed by atoms with Crippen LogP contribution < -0.4 is 5.32 Å². The van der Waals surface area contributed by atoms with Crippen LogP contribution in [0.15, 0.2) is 22.8 Å². The quantitative estimate of drug-likeness (QED) is 0.539. The van der Waals surface area contributed by atoms with Gasteiger partial charge in [0.2, 0.25) is 0 Å². The van der Waals surface area contributed by atoms with Crippen molar-refractivity contribution in [1.29, 1.82) is 0 Å². The van der Waals surface area contributed by atoms with E-state index in [1.54, 1.807) is 6.26 Å². The summed E-state index contributed by atoms with van der Waals surface area (Å²) < 4.78 is 5.30. The van der Waals surface area contributed by atoms with Crippen molar-refractivity contribution < 1.29 is 4.42 Å². The standard InChI is InChI=1S/C12H18N2O/c1-3-7-13-8-9-14(4-2)11-12-6-5-10-15-12/h1,5-6,10,13H,4,7-9,11H2,2H3. The number of hydrogen-bond acceptors (Lipinski definition) is 3. The number of furan rings is 1. The summed E-state index contributed by atoms with van der Waals surface area (Å²) in [5, 5.41) is 3.17. The zero-order valence-electron chi connectivity index (χ0n) is 9.20. The van der Waals surface area contributed by atoms with E-state index in [9.17, 15) is 0 Å². The molecule has 1 rings (SSSR count). The molecule has 0 fully saturated rings. The minimum atomic E-state index is 0.637. The summed E-state index contributed by atoms with van der Waals surface area (Å²) in [5.74, 6) is 3.57. The average Bonchev–Trinajstić information content (AvgIpc) is 2.75. The lowest BCUT2D eigenvalue weighted by molar-refractivity contribution is 0.257. The van der Waals surface area contributed by atoms with Crippen molar-refractivity contribution in [3.8, 4) is 12.3 Å². The van der Waals surface area contributed by atoms with E-state index in [2.05, 4.69) is 23.1 Å². The van der Waals surface area contributed by atoms with Gasteiger partial charge in [0.05, 0.1) is 19.4 Å². The molecule has 0 amide bonds. The second-order valence-corrected chi connectivity index (χ2v) is 3.33. The van der Waals surface area contributed by atoms with Crippen molar-refractivity contribution in [2.24, 2.45) is 0 Å². The predicted octanol–water partition coefficient (Wildman–Crippen LogP) is 1.32. The Morgan fingerprint density at radius 3 is 3.07 bits per heavy atom. The van der Waals surface area contributed by atoms with Crippen LogP contribution in [0.25, 0.3) is 0 Å². The molecule has 0 spiro atoms. The Balaban J connectivity index is 2.21. The summed E-state index contributed by atoms with van der Waals surface area (Å²) >= 11 is 0. The maximum atomic E-state index is 5.30. The molecule has 1 N–H and O–H groups in total.